The first kappa shape index (κ1) is 34.1. The predicted octanol–water partition coefficient (Wildman–Crippen LogP) is 14.1. The second kappa shape index (κ2) is 12.3. The predicted molar refractivity (Wildman–Crippen MR) is 247 cm³/mol. The summed E-state index contributed by atoms with van der Waals surface area (Å²) in [5.74, 6) is 0. The maximum Gasteiger partial charge on any atom is 0.0818 e. The number of hydrogen-bond donors (Lipinski definition) is 0. The highest BCUT2D eigenvalue weighted by Crippen LogP contribution is 2.81. The van der Waals surface area contributed by atoms with Gasteiger partial charge in [-0.3, -0.25) is 0 Å². The number of aromatic nitrogens is 1. The first-order valence-electron chi connectivity index (χ1n) is 19.0. The van der Waals surface area contributed by atoms with Crippen LogP contribution < -0.4 is 4.90 Å². The fraction of sp³-hybridized carbons (Fsp3) is 0.137. The highest BCUT2D eigenvalue weighted by Gasteiger charge is 2.56. The molecular formula is C51H46N2S2. The Morgan fingerprint density at radius 2 is 0.927 bits per heavy atom. The second-order valence-corrected chi connectivity index (χ2v) is 25.3. The van der Waals surface area contributed by atoms with Crippen LogP contribution in [-0.4, -0.2) is 42.1 Å². The minimum atomic E-state index is -1.27. The van der Waals surface area contributed by atoms with Crippen molar-refractivity contribution in [3.8, 4) is 16.8 Å². The normalized spacial score (nSPS) is 14.4. The van der Waals surface area contributed by atoms with Gasteiger partial charge in [0.2, 0.25) is 0 Å². The molecule has 0 N–H and O–H groups in total. The van der Waals surface area contributed by atoms with E-state index in [9.17, 15) is 0 Å². The lowest BCUT2D eigenvalue weighted by Gasteiger charge is -2.59. The molecule has 0 atom stereocenters. The molecule has 0 saturated carbocycles. The van der Waals surface area contributed by atoms with E-state index in [0.29, 0.717) is 0 Å². The van der Waals surface area contributed by atoms with Gasteiger partial charge in [0, 0.05) is 33.5 Å². The summed E-state index contributed by atoms with van der Waals surface area (Å²) in [5.41, 5.74) is 13.0. The molecule has 10 rings (SSSR count). The molecule has 1 aliphatic rings. The molecule has 2 nitrogen and oxygen atoms in total. The molecule has 1 aromatic heterocycles. The van der Waals surface area contributed by atoms with Gasteiger partial charge in [-0.05, 0) is 142 Å². The molecule has 0 spiro atoms. The summed E-state index contributed by atoms with van der Waals surface area (Å²) < 4.78 is 2.33. The number of fused-ring (bicyclic) bond motifs is 11. The van der Waals surface area contributed by atoms with Crippen molar-refractivity contribution in [3.63, 3.8) is 0 Å². The van der Waals surface area contributed by atoms with E-state index in [0.717, 1.165) is 17.1 Å². The van der Waals surface area contributed by atoms with Crippen LogP contribution in [0.15, 0.2) is 170 Å². The van der Waals surface area contributed by atoms with Crippen molar-refractivity contribution in [2.24, 2.45) is 0 Å². The molecule has 1 heterocycles. The summed E-state index contributed by atoms with van der Waals surface area (Å²) in [6.07, 6.45) is 15.4. The van der Waals surface area contributed by atoms with Crippen LogP contribution in [0.5, 0.6) is 0 Å². The van der Waals surface area contributed by atoms with E-state index in [1.54, 1.807) is 0 Å². The third kappa shape index (κ3) is 4.84. The van der Waals surface area contributed by atoms with Gasteiger partial charge in [-0.25, -0.2) is 20.1 Å². The van der Waals surface area contributed by atoms with Crippen molar-refractivity contribution in [1.29, 1.82) is 0 Å². The van der Waals surface area contributed by atoms with Crippen molar-refractivity contribution in [1.82, 2.24) is 4.57 Å². The van der Waals surface area contributed by atoms with Crippen LogP contribution in [0.1, 0.15) is 11.1 Å². The van der Waals surface area contributed by atoms with Gasteiger partial charge in [0.05, 0.1) is 15.1 Å². The van der Waals surface area contributed by atoms with E-state index in [2.05, 4.69) is 217 Å². The Kier molecular flexibility index (Phi) is 7.62. The number of rotatable bonds is 6. The molecular weight excluding hydrogens is 705 g/mol. The van der Waals surface area contributed by atoms with Crippen LogP contribution in [0.2, 0.25) is 0 Å². The first-order chi connectivity index (χ1) is 26.6. The average Bonchev–Trinajstić information content (AvgIpc) is 3.70. The Morgan fingerprint density at radius 1 is 0.418 bits per heavy atom. The standard InChI is InChI=1S/C51H46N2S2/c1-54(2,3)51(55(4,5)6)46-34-38(53-47-27-17-15-24-40(47)41-25-16-18-28-48(41)53)30-32-44(46)49-42-26-14-13-23-39(42)45-33-37(29-31-43(45)50(49)51)52(35-19-9-7-10-20-35)36-21-11-8-12-22-36/h7-34H,1-6H3. The van der Waals surface area contributed by atoms with Crippen molar-refractivity contribution < 1.29 is 0 Å². The number of benzene rings is 8. The van der Waals surface area contributed by atoms with E-state index in [4.69, 9.17) is 0 Å². The maximum atomic E-state index is 2.59. The second-order valence-electron chi connectivity index (χ2n) is 16.4. The molecule has 0 saturated heterocycles. The van der Waals surface area contributed by atoms with Gasteiger partial charge in [-0.15, -0.1) is 0 Å². The van der Waals surface area contributed by atoms with E-state index in [1.165, 1.54) is 71.3 Å². The Balaban J connectivity index is 1.31. The number of para-hydroxylation sites is 4. The molecule has 0 bridgehead atoms. The molecule has 4 heteroatoms. The Bertz CT molecular complexity index is 2840. The zero-order chi connectivity index (χ0) is 37.7. The molecule has 0 unspecified atom stereocenters. The topological polar surface area (TPSA) is 8.17 Å². The van der Waals surface area contributed by atoms with Gasteiger partial charge in [-0.1, -0.05) is 109 Å². The number of nitrogens with zero attached hydrogens (tertiary/aromatic N) is 2. The third-order valence-corrected chi connectivity index (χ3v) is 19.1. The molecule has 0 radical (unpaired) electrons. The van der Waals surface area contributed by atoms with Gasteiger partial charge in [0.15, 0.2) is 0 Å². The molecule has 272 valence electrons. The highest BCUT2D eigenvalue weighted by molar-refractivity contribution is 8.48. The van der Waals surface area contributed by atoms with Gasteiger partial charge < -0.3 is 9.47 Å². The van der Waals surface area contributed by atoms with Crippen LogP contribution in [0, 0.1) is 0 Å². The van der Waals surface area contributed by atoms with Crippen molar-refractivity contribution in [3.05, 3.63) is 181 Å². The Labute approximate surface area is 327 Å². The number of anilines is 3. The van der Waals surface area contributed by atoms with E-state index in [1.807, 2.05) is 0 Å². The van der Waals surface area contributed by atoms with E-state index < -0.39 is 20.1 Å². The molecule has 1 aliphatic carbocycles. The average molecular weight is 751 g/mol. The Hall–Kier alpha value is -5.42. The lowest BCUT2D eigenvalue weighted by Crippen LogP contribution is -2.36. The molecule has 9 aromatic rings. The van der Waals surface area contributed by atoms with Gasteiger partial charge in [0.1, 0.15) is 0 Å². The van der Waals surface area contributed by atoms with Crippen LogP contribution >= 0.6 is 20.1 Å². The minimum absolute atomic E-state index is 0.165. The summed E-state index contributed by atoms with van der Waals surface area (Å²) in [6, 6.07) is 63.2. The van der Waals surface area contributed by atoms with E-state index in [-0.39, 0.29) is 4.08 Å². The summed E-state index contributed by atoms with van der Waals surface area (Å²) >= 11 is 0. The molecule has 0 aliphatic heterocycles. The van der Waals surface area contributed by atoms with Crippen molar-refractivity contribution in [2.45, 2.75) is 4.08 Å². The summed E-state index contributed by atoms with van der Waals surface area (Å²) in [4.78, 5) is 2.39. The largest absolute Gasteiger partial charge is 0.310 e. The summed E-state index contributed by atoms with van der Waals surface area (Å²) in [6.45, 7) is 0. The van der Waals surface area contributed by atoms with Gasteiger partial charge in [0.25, 0.3) is 0 Å². The number of hydrogen-bond acceptors (Lipinski definition) is 1. The van der Waals surface area contributed by atoms with Crippen LogP contribution in [0.4, 0.5) is 17.1 Å². The highest BCUT2D eigenvalue weighted by atomic mass is 32.3. The maximum absolute atomic E-state index is 2.59. The van der Waals surface area contributed by atoms with Gasteiger partial charge in [-0.2, -0.15) is 0 Å². The van der Waals surface area contributed by atoms with Crippen LogP contribution in [0.3, 0.4) is 0 Å². The lowest BCUT2D eigenvalue weighted by atomic mass is 9.91. The lowest BCUT2D eigenvalue weighted by molar-refractivity contribution is 1.08. The molecule has 8 aromatic carbocycles. The molecule has 0 amide bonds. The molecule has 0 fully saturated rings. The molecule has 55 heavy (non-hydrogen) atoms. The monoisotopic (exact) mass is 750 g/mol. The van der Waals surface area contributed by atoms with Crippen molar-refractivity contribution >= 4 is 80.5 Å². The smallest absolute Gasteiger partial charge is 0.0818 e. The first-order valence-corrected chi connectivity index (χ1v) is 24.7. The zero-order valence-corrected chi connectivity index (χ0v) is 34.0. The SMILES string of the molecule is CS(C)(C)C1(S(C)(C)C)c2cc(-n3c4ccccc4c4ccccc43)ccc2-c2c1c1ccc(N(c3ccccc3)c3ccccc3)cc1c1ccccc21. The third-order valence-electron chi connectivity index (χ3n) is 11.8. The van der Waals surface area contributed by atoms with Crippen LogP contribution in [-0.2, 0) is 4.08 Å². The van der Waals surface area contributed by atoms with Crippen molar-refractivity contribution in [2.75, 3.05) is 42.4 Å². The summed E-state index contributed by atoms with van der Waals surface area (Å²) in [5, 5.41) is 7.93. The minimum Gasteiger partial charge on any atom is -0.310 e. The quantitative estimate of drug-likeness (QED) is 0.154. The van der Waals surface area contributed by atoms with E-state index >= 15 is 0 Å². The van der Waals surface area contributed by atoms with Gasteiger partial charge >= 0.3 is 0 Å². The Morgan fingerprint density at radius 3 is 1.49 bits per heavy atom. The zero-order valence-electron chi connectivity index (χ0n) is 32.4. The van der Waals surface area contributed by atoms with Crippen LogP contribution in [0.25, 0.3) is 60.2 Å². The fourth-order valence-corrected chi connectivity index (χ4v) is 19.4. The fourth-order valence-electron chi connectivity index (χ4n) is 10.1. The summed E-state index contributed by atoms with van der Waals surface area (Å²) in [7, 11) is -2.55.